The monoisotopic (exact) mass is 314 g/mol. The first-order chi connectivity index (χ1) is 10.7. The Kier molecular flexibility index (Phi) is 4.27. The Morgan fingerprint density at radius 3 is 2.82 bits per heavy atom. The highest BCUT2D eigenvalue weighted by Gasteiger charge is 2.29. The number of nitrogens with one attached hydrogen (secondary N) is 1. The molecule has 0 saturated heterocycles. The first kappa shape index (κ1) is 14.8. The first-order valence-electron chi connectivity index (χ1n) is 7.20. The third kappa shape index (κ3) is 2.91. The summed E-state index contributed by atoms with van der Waals surface area (Å²) < 4.78 is 5.94. The number of para-hydroxylation sites is 1. The van der Waals surface area contributed by atoms with Crippen molar-refractivity contribution in [1.82, 2.24) is 9.97 Å². The molecule has 0 radical (unpaired) electrons. The Balaban J connectivity index is 1.82. The predicted octanol–water partition coefficient (Wildman–Crippen LogP) is 3.81. The van der Waals surface area contributed by atoms with Crippen molar-refractivity contribution in [2.45, 2.75) is 18.9 Å². The van der Waals surface area contributed by atoms with Gasteiger partial charge in [-0.25, -0.2) is 4.98 Å². The van der Waals surface area contributed by atoms with E-state index in [1.165, 1.54) is 0 Å². The lowest BCUT2D eigenvalue weighted by Gasteiger charge is -2.26. The van der Waals surface area contributed by atoms with E-state index in [0.29, 0.717) is 6.42 Å². The van der Waals surface area contributed by atoms with E-state index in [1.54, 1.807) is 17.7 Å². The van der Waals surface area contributed by atoms with Gasteiger partial charge >= 0.3 is 0 Å². The summed E-state index contributed by atoms with van der Waals surface area (Å²) >= 11 is 1.54. The summed E-state index contributed by atoms with van der Waals surface area (Å²) in [5.41, 5.74) is 0.771. The molecule has 1 unspecified atom stereocenters. The van der Waals surface area contributed by atoms with Gasteiger partial charge in [0.1, 0.15) is 18.0 Å². The molecule has 1 atom stereocenters. The molecule has 2 aromatic heterocycles. The van der Waals surface area contributed by atoms with Crippen molar-refractivity contribution >= 4 is 11.3 Å². The van der Waals surface area contributed by atoms with Crippen molar-refractivity contribution in [3.63, 3.8) is 0 Å². The van der Waals surface area contributed by atoms with Gasteiger partial charge in [0.25, 0.3) is 0 Å². The van der Waals surface area contributed by atoms with E-state index >= 15 is 0 Å². The van der Waals surface area contributed by atoms with E-state index in [2.05, 4.69) is 9.97 Å². The van der Waals surface area contributed by atoms with E-state index in [0.717, 1.165) is 21.9 Å². The third-order valence-electron chi connectivity index (χ3n) is 3.69. The van der Waals surface area contributed by atoms with Crippen LogP contribution in [0.1, 0.15) is 18.2 Å². The molecular formula is C17H18N2O2S. The highest BCUT2D eigenvalue weighted by molar-refractivity contribution is 7.10. The number of hydrogen-bond donors (Lipinski definition) is 2. The van der Waals surface area contributed by atoms with Crippen molar-refractivity contribution in [3.8, 4) is 17.0 Å². The molecule has 1 aromatic carbocycles. The van der Waals surface area contributed by atoms with E-state index in [-0.39, 0.29) is 6.61 Å². The van der Waals surface area contributed by atoms with Gasteiger partial charge in [0.15, 0.2) is 0 Å². The number of aliphatic hydroxyl groups is 1. The van der Waals surface area contributed by atoms with Crippen LogP contribution >= 0.6 is 11.3 Å². The molecule has 0 bridgehead atoms. The zero-order chi connectivity index (χ0) is 15.4. The molecule has 0 aliphatic carbocycles. The minimum Gasteiger partial charge on any atom is -0.489 e. The highest BCUT2D eigenvalue weighted by atomic mass is 32.1. The second-order valence-electron chi connectivity index (χ2n) is 5.10. The molecular weight excluding hydrogens is 296 g/mol. The number of nitrogens with zero attached hydrogens (tertiary/aromatic N) is 1. The number of thiophene rings is 1. The lowest BCUT2D eigenvalue weighted by Crippen LogP contribution is -2.31. The van der Waals surface area contributed by atoms with Crippen LogP contribution in [0.4, 0.5) is 0 Å². The van der Waals surface area contributed by atoms with Crippen molar-refractivity contribution < 1.29 is 9.84 Å². The molecule has 3 aromatic rings. The minimum atomic E-state index is -0.965. The smallest absolute Gasteiger partial charge is 0.132 e. The molecule has 0 fully saturated rings. The summed E-state index contributed by atoms with van der Waals surface area (Å²) in [6.07, 6.45) is 4.06. The van der Waals surface area contributed by atoms with Crippen LogP contribution in [0, 0.1) is 0 Å². The molecule has 0 aliphatic heterocycles. The van der Waals surface area contributed by atoms with Crippen LogP contribution in [-0.4, -0.2) is 21.7 Å². The summed E-state index contributed by atoms with van der Waals surface area (Å²) in [6.45, 7) is 2.17. The third-order valence-corrected chi connectivity index (χ3v) is 4.76. The van der Waals surface area contributed by atoms with Gasteiger partial charge in [0.2, 0.25) is 0 Å². The van der Waals surface area contributed by atoms with Crippen molar-refractivity contribution in [3.05, 3.63) is 59.2 Å². The molecule has 0 amide bonds. The van der Waals surface area contributed by atoms with Crippen LogP contribution in [0.5, 0.6) is 5.75 Å². The molecule has 2 N–H and O–H groups in total. The molecule has 0 aliphatic rings. The summed E-state index contributed by atoms with van der Waals surface area (Å²) in [5.74, 6) is 0.720. The summed E-state index contributed by atoms with van der Waals surface area (Å²) in [7, 11) is 0. The Labute approximate surface area is 133 Å². The van der Waals surface area contributed by atoms with E-state index in [9.17, 15) is 5.11 Å². The molecule has 114 valence electrons. The average Bonchev–Trinajstić information content (AvgIpc) is 3.26. The fourth-order valence-corrected chi connectivity index (χ4v) is 3.18. The Morgan fingerprint density at radius 2 is 2.14 bits per heavy atom. The second-order valence-corrected chi connectivity index (χ2v) is 6.05. The predicted molar refractivity (Wildman–Crippen MR) is 88.0 cm³/mol. The van der Waals surface area contributed by atoms with Gasteiger partial charge < -0.3 is 14.8 Å². The van der Waals surface area contributed by atoms with Gasteiger partial charge in [-0.15, -0.1) is 11.3 Å². The van der Waals surface area contributed by atoms with Crippen LogP contribution in [0.15, 0.2) is 54.3 Å². The largest absolute Gasteiger partial charge is 0.489 e. The average molecular weight is 314 g/mol. The lowest BCUT2D eigenvalue weighted by molar-refractivity contribution is -0.00963. The van der Waals surface area contributed by atoms with Crippen LogP contribution in [0.25, 0.3) is 11.3 Å². The number of benzene rings is 1. The van der Waals surface area contributed by atoms with Gasteiger partial charge in [0, 0.05) is 16.6 Å². The number of hydrogen-bond acceptors (Lipinski definition) is 4. The molecule has 0 spiro atoms. The minimum absolute atomic E-state index is 0.214. The van der Waals surface area contributed by atoms with Crippen molar-refractivity contribution in [2.24, 2.45) is 0 Å². The number of rotatable bonds is 6. The first-order valence-corrected chi connectivity index (χ1v) is 8.08. The molecule has 3 rings (SSSR count). The standard InChI is InChI=1S/C17H18N2O2S/c1-2-17(20,16-8-5-9-22-16)11-21-15-7-4-3-6-13(15)14-10-18-12-19-14/h3-10,12,20H,2,11H2,1H3,(H,18,19). The summed E-state index contributed by atoms with van der Waals surface area (Å²) in [6, 6.07) is 11.6. The number of ether oxygens (including phenoxy) is 1. The normalized spacial score (nSPS) is 13.7. The lowest BCUT2D eigenvalue weighted by atomic mass is 10.00. The topological polar surface area (TPSA) is 58.1 Å². The van der Waals surface area contributed by atoms with E-state index in [1.807, 2.05) is 54.9 Å². The Bertz CT molecular complexity index is 710. The molecule has 2 heterocycles. The summed E-state index contributed by atoms with van der Waals surface area (Å²) in [5, 5.41) is 12.8. The zero-order valence-corrected chi connectivity index (χ0v) is 13.1. The Hall–Kier alpha value is -2.11. The van der Waals surface area contributed by atoms with Gasteiger partial charge in [0.05, 0.1) is 12.0 Å². The maximum Gasteiger partial charge on any atom is 0.132 e. The molecule has 5 heteroatoms. The van der Waals surface area contributed by atoms with Gasteiger partial charge in [-0.3, -0.25) is 0 Å². The van der Waals surface area contributed by atoms with Gasteiger partial charge in [-0.1, -0.05) is 25.1 Å². The Morgan fingerprint density at radius 1 is 1.27 bits per heavy atom. The summed E-state index contributed by atoms with van der Waals surface area (Å²) in [4.78, 5) is 8.14. The SMILES string of the molecule is CCC(O)(COc1ccccc1-c1c[nH]cn1)c1cccs1. The van der Waals surface area contributed by atoms with E-state index in [4.69, 9.17) is 4.74 Å². The van der Waals surface area contributed by atoms with Crippen LogP contribution in [0.3, 0.4) is 0 Å². The molecule has 4 nitrogen and oxygen atoms in total. The van der Waals surface area contributed by atoms with Crippen molar-refractivity contribution in [2.75, 3.05) is 6.61 Å². The van der Waals surface area contributed by atoms with Gasteiger partial charge in [-0.2, -0.15) is 0 Å². The fourth-order valence-electron chi connectivity index (χ4n) is 2.30. The number of aromatic amines is 1. The maximum atomic E-state index is 10.8. The zero-order valence-electron chi connectivity index (χ0n) is 12.3. The number of imidazole rings is 1. The second kappa shape index (κ2) is 6.34. The fraction of sp³-hybridized carbons (Fsp3) is 0.235. The molecule has 22 heavy (non-hydrogen) atoms. The van der Waals surface area contributed by atoms with Gasteiger partial charge in [-0.05, 0) is 30.0 Å². The number of H-pyrrole nitrogens is 1. The van der Waals surface area contributed by atoms with Crippen LogP contribution in [0.2, 0.25) is 0 Å². The van der Waals surface area contributed by atoms with Crippen LogP contribution in [-0.2, 0) is 5.60 Å². The maximum absolute atomic E-state index is 10.8. The van der Waals surface area contributed by atoms with Crippen molar-refractivity contribution in [1.29, 1.82) is 0 Å². The van der Waals surface area contributed by atoms with E-state index < -0.39 is 5.60 Å². The quantitative estimate of drug-likeness (QED) is 0.727. The van der Waals surface area contributed by atoms with Crippen LogP contribution < -0.4 is 4.74 Å². The number of aromatic nitrogens is 2. The highest BCUT2D eigenvalue weighted by Crippen LogP contribution is 2.33. The molecule has 0 saturated carbocycles.